The van der Waals surface area contributed by atoms with Crippen molar-refractivity contribution >= 4 is 5.91 Å². The van der Waals surface area contributed by atoms with E-state index >= 15 is 0 Å². The van der Waals surface area contributed by atoms with Gasteiger partial charge in [0.1, 0.15) is 11.5 Å². The van der Waals surface area contributed by atoms with E-state index in [1.807, 2.05) is 0 Å². The fourth-order valence-corrected chi connectivity index (χ4v) is 1.89. The number of para-hydroxylation sites is 1. The third-order valence-corrected chi connectivity index (χ3v) is 3.05. The third-order valence-electron chi connectivity index (χ3n) is 3.05. The highest BCUT2D eigenvalue weighted by Crippen LogP contribution is 2.15. The average Bonchev–Trinajstić information content (AvgIpc) is 2.76. The predicted octanol–water partition coefficient (Wildman–Crippen LogP) is 1.86. The molecule has 1 fully saturated rings. The number of amides is 1. The van der Waals surface area contributed by atoms with Crippen LogP contribution in [-0.4, -0.2) is 33.7 Å². The van der Waals surface area contributed by atoms with Crippen molar-refractivity contribution in [2.24, 2.45) is 0 Å². The summed E-state index contributed by atoms with van der Waals surface area (Å²) in [5.74, 6) is -0.445. The maximum Gasteiger partial charge on any atom is 0.274 e. The molecule has 1 aliphatic rings. The van der Waals surface area contributed by atoms with Crippen LogP contribution in [-0.2, 0) is 0 Å². The molecule has 0 aliphatic carbocycles. The van der Waals surface area contributed by atoms with Crippen LogP contribution in [0.5, 0.6) is 0 Å². The number of halogens is 1. The summed E-state index contributed by atoms with van der Waals surface area (Å²) in [6, 6.07) is 7.97. The Morgan fingerprint density at radius 3 is 2.67 bits per heavy atom. The summed E-state index contributed by atoms with van der Waals surface area (Å²) in [5.41, 5.74) is 0.707. The zero-order valence-electron chi connectivity index (χ0n) is 9.71. The first-order chi connectivity index (χ1) is 8.75. The van der Waals surface area contributed by atoms with Crippen LogP contribution in [0.3, 0.4) is 0 Å². The number of hydrogen-bond donors (Lipinski definition) is 0. The van der Waals surface area contributed by atoms with Crippen LogP contribution in [0.4, 0.5) is 4.39 Å². The Morgan fingerprint density at radius 2 is 2.00 bits per heavy atom. The molecule has 1 saturated heterocycles. The van der Waals surface area contributed by atoms with E-state index in [0.717, 1.165) is 19.5 Å². The topological polar surface area (TPSA) is 38.1 Å². The van der Waals surface area contributed by atoms with Crippen LogP contribution < -0.4 is 0 Å². The average molecular weight is 245 g/mol. The van der Waals surface area contributed by atoms with Crippen molar-refractivity contribution in [3.05, 3.63) is 48.0 Å². The zero-order valence-corrected chi connectivity index (χ0v) is 9.71. The molecule has 0 unspecified atom stereocenters. The number of hydrogen-bond acceptors (Lipinski definition) is 2. The fourth-order valence-electron chi connectivity index (χ4n) is 1.89. The number of aromatic nitrogens is 2. The summed E-state index contributed by atoms with van der Waals surface area (Å²) in [4.78, 5) is 13.6. The summed E-state index contributed by atoms with van der Waals surface area (Å²) >= 11 is 0. The Morgan fingerprint density at radius 1 is 1.22 bits per heavy atom. The van der Waals surface area contributed by atoms with Crippen molar-refractivity contribution in [2.75, 3.05) is 13.1 Å². The molecule has 0 N–H and O–H groups in total. The van der Waals surface area contributed by atoms with E-state index in [1.165, 1.54) is 10.7 Å². The normalized spacial score (nSPS) is 14.4. The molecule has 0 spiro atoms. The van der Waals surface area contributed by atoms with Crippen LogP contribution in [0, 0.1) is 5.82 Å². The van der Waals surface area contributed by atoms with Crippen LogP contribution in [0.25, 0.3) is 5.69 Å². The summed E-state index contributed by atoms with van der Waals surface area (Å²) in [6.45, 7) is 1.57. The fraction of sp³-hybridized carbons (Fsp3) is 0.231. The minimum absolute atomic E-state index is 0.0867. The molecule has 1 aromatic heterocycles. The van der Waals surface area contributed by atoms with Crippen molar-refractivity contribution in [3.63, 3.8) is 0 Å². The Bertz CT molecular complexity index is 589. The number of carbonyl (C=O) groups is 1. The minimum Gasteiger partial charge on any atom is -0.337 e. The van der Waals surface area contributed by atoms with E-state index in [-0.39, 0.29) is 11.7 Å². The molecule has 0 bridgehead atoms. The predicted molar refractivity (Wildman–Crippen MR) is 64.0 cm³/mol. The molecule has 0 atom stereocenters. The van der Waals surface area contributed by atoms with Gasteiger partial charge in [-0.1, -0.05) is 12.1 Å². The van der Waals surface area contributed by atoms with Crippen molar-refractivity contribution in [1.82, 2.24) is 14.7 Å². The van der Waals surface area contributed by atoms with E-state index in [0.29, 0.717) is 11.4 Å². The molecule has 92 valence electrons. The molecule has 2 heterocycles. The van der Waals surface area contributed by atoms with Gasteiger partial charge >= 0.3 is 0 Å². The highest BCUT2D eigenvalue weighted by molar-refractivity contribution is 5.92. The smallest absolute Gasteiger partial charge is 0.274 e. The van der Waals surface area contributed by atoms with Gasteiger partial charge in [-0.05, 0) is 24.6 Å². The first-order valence-electron chi connectivity index (χ1n) is 5.85. The maximum absolute atomic E-state index is 13.6. The Balaban J connectivity index is 1.89. The van der Waals surface area contributed by atoms with Crippen LogP contribution in [0.1, 0.15) is 16.9 Å². The second-order valence-corrected chi connectivity index (χ2v) is 4.24. The zero-order chi connectivity index (χ0) is 12.5. The lowest BCUT2D eigenvalue weighted by atomic mass is 10.2. The first kappa shape index (κ1) is 11.0. The lowest BCUT2D eigenvalue weighted by Gasteiger charge is -2.29. The van der Waals surface area contributed by atoms with Crippen molar-refractivity contribution in [3.8, 4) is 5.69 Å². The minimum atomic E-state index is -0.358. The van der Waals surface area contributed by atoms with Gasteiger partial charge in [-0.2, -0.15) is 5.10 Å². The highest BCUT2D eigenvalue weighted by atomic mass is 19.1. The van der Waals surface area contributed by atoms with E-state index in [9.17, 15) is 9.18 Å². The van der Waals surface area contributed by atoms with Gasteiger partial charge in [-0.25, -0.2) is 9.07 Å². The number of rotatable bonds is 2. The molecule has 1 amide bonds. The van der Waals surface area contributed by atoms with E-state index < -0.39 is 0 Å². The van der Waals surface area contributed by atoms with Crippen molar-refractivity contribution in [2.45, 2.75) is 6.42 Å². The van der Waals surface area contributed by atoms with E-state index in [4.69, 9.17) is 0 Å². The van der Waals surface area contributed by atoms with Crippen LogP contribution >= 0.6 is 0 Å². The van der Waals surface area contributed by atoms with Gasteiger partial charge in [0.25, 0.3) is 5.91 Å². The Kier molecular flexibility index (Phi) is 2.59. The van der Waals surface area contributed by atoms with Gasteiger partial charge < -0.3 is 4.90 Å². The molecule has 4 nitrogen and oxygen atoms in total. The molecular weight excluding hydrogens is 233 g/mol. The van der Waals surface area contributed by atoms with Gasteiger partial charge in [0, 0.05) is 19.3 Å². The Hall–Kier alpha value is -2.17. The van der Waals surface area contributed by atoms with Crippen LogP contribution in [0.15, 0.2) is 36.5 Å². The van der Waals surface area contributed by atoms with Crippen LogP contribution in [0.2, 0.25) is 0 Å². The number of benzene rings is 1. The number of likely N-dealkylation sites (tertiary alicyclic amines) is 1. The van der Waals surface area contributed by atoms with Crippen molar-refractivity contribution < 1.29 is 9.18 Å². The van der Waals surface area contributed by atoms with Crippen molar-refractivity contribution in [1.29, 1.82) is 0 Å². The SMILES string of the molecule is O=C(c1ccn(-c2ccccc2F)n1)N1CCC1. The second kappa shape index (κ2) is 4.25. The van der Waals surface area contributed by atoms with Gasteiger partial charge in [0.15, 0.2) is 5.69 Å². The lowest BCUT2D eigenvalue weighted by Crippen LogP contribution is -2.42. The van der Waals surface area contributed by atoms with E-state index in [1.54, 1.807) is 35.4 Å². The third kappa shape index (κ3) is 1.77. The molecule has 2 aromatic rings. The maximum atomic E-state index is 13.6. The molecule has 18 heavy (non-hydrogen) atoms. The molecule has 3 rings (SSSR count). The molecule has 5 heteroatoms. The molecule has 1 aliphatic heterocycles. The molecule has 0 radical (unpaired) electrons. The first-order valence-corrected chi connectivity index (χ1v) is 5.85. The summed E-state index contributed by atoms with van der Waals surface area (Å²) in [7, 11) is 0. The monoisotopic (exact) mass is 245 g/mol. The van der Waals surface area contributed by atoms with Gasteiger partial charge in [0.05, 0.1) is 0 Å². The number of carbonyl (C=O) groups excluding carboxylic acids is 1. The van der Waals surface area contributed by atoms with Gasteiger partial charge in [0.2, 0.25) is 0 Å². The van der Waals surface area contributed by atoms with Gasteiger partial charge in [-0.15, -0.1) is 0 Å². The molecule has 0 saturated carbocycles. The standard InChI is InChI=1S/C13H12FN3O/c14-10-4-1-2-5-12(10)17-9-6-11(15-17)13(18)16-7-3-8-16/h1-2,4-6,9H,3,7-8H2. The summed E-state index contributed by atoms with van der Waals surface area (Å²) in [6.07, 6.45) is 2.64. The van der Waals surface area contributed by atoms with Gasteiger partial charge in [-0.3, -0.25) is 4.79 Å². The second-order valence-electron chi connectivity index (χ2n) is 4.24. The summed E-state index contributed by atoms with van der Waals surface area (Å²) < 4.78 is 15.0. The Labute approximate surface area is 104 Å². The molecule has 1 aromatic carbocycles. The number of nitrogens with zero attached hydrogens (tertiary/aromatic N) is 3. The highest BCUT2D eigenvalue weighted by Gasteiger charge is 2.23. The largest absolute Gasteiger partial charge is 0.337 e. The van der Waals surface area contributed by atoms with E-state index in [2.05, 4.69) is 5.10 Å². The lowest BCUT2D eigenvalue weighted by molar-refractivity contribution is 0.0645. The summed E-state index contributed by atoms with van der Waals surface area (Å²) in [5, 5.41) is 4.13. The molecular formula is C13H12FN3O. The quantitative estimate of drug-likeness (QED) is 0.810.